The Balaban J connectivity index is 3.31. The quantitative estimate of drug-likeness (QED) is 0.340. The van der Waals surface area contributed by atoms with Gasteiger partial charge in [-0.25, -0.2) is 0 Å². The Labute approximate surface area is 65.5 Å². The molecular formula is C7H9NOS. The molecule has 1 heterocycles. The van der Waals surface area contributed by atoms with Gasteiger partial charge in [-0.1, -0.05) is 12.6 Å². The summed E-state index contributed by atoms with van der Waals surface area (Å²) in [4.78, 5) is 0. The van der Waals surface area contributed by atoms with Crippen LogP contribution in [-0.2, 0) is 0 Å². The number of nitrogens with zero attached hydrogens (tertiary/aromatic N) is 1. The normalized spacial score (nSPS) is 9.90. The van der Waals surface area contributed by atoms with Gasteiger partial charge in [-0.15, -0.1) is 0 Å². The van der Waals surface area contributed by atoms with E-state index in [4.69, 9.17) is 0 Å². The van der Waals surface area contributed by atoms with E-state index in [2.05, 4.69) is 12.6 Å². The molecule has 0 aromatic carbocycles. The van der Waals surface area contributed by atoms with Crippen molar-refractivity contribution < 1.29 is 4.73 Å². The fourth-order valence-electron chi connectivity index (χ4n) is 0.873. The maximum Gasteiger partial charge on any atom is 0.248 e. The van der Waals surface area contributed by atoms with Gasteiger partial charge in [0.1, 0.15) is 0 Å². The number of aromatic nitrogens is 1. The van der Waals surface area contributed by atoms with E-state index in [1.165, 1.54) is 0 Å². The van der Waals surface area contributed by atoms with E-state index in [9.17, 15) is 5.21 Å². The highest BCUT2D eigenvalue weighted by Crippen LogP contribution is 2.04. The summed E-state index contributed by atoms with van der Waals surface area (Å²) < 4.78 is 0.802. The first-order valence-electron chi connectivity index (χ1n) is 3.01. The van der Waals surface area contributed by atoms with Crippen LogP contribution < -0.4 is 4.73 Å². The SMILES string of the molecule is Cc1cc(C)[n+]([O-])c(S)c1. The van der Waals surface area contributed by atoms with Gasteiger partial charge in [-0.05, 0) is 12.5 Å². The average Bonchev–Trinajstić information content (AvgIpc) is 1.82. The Morgan fingerprint density at radius 1 is 1.40 bits per heavy atom. The van der Waals surface area contributed by atoms with Crippen molar-refractivity contribution in [3.8, 4) is 0 Å². The van der Waals surface area contributed by atoms with Crippen LogP contribution in [0.2, 0.25) is 0 Å². The zero-order valence-electron chi connectivity index (χ0n) is 5.96. The highest BCUT2D eigenvalue weighted by Gasteiger charge is 2.03. The van der Waals surface area contributed by atoms with Crippen LogP contribution in [-0.4, -0.2) is 0 Å². The van der Waals surface area contributed by atoms with Gasteiger partial charge in [-0.3, -0.25) is 0 Å². The van der Waals surface area contributed by atoms with Gasteiger partial charge in [0.25, 0.3) is 0 Å². The maximum atomic E-state index is 11.0. The van der Waals surface area contributed by atoms with E-state index in [1.807, 2.05) is 13.0 Å². The molecular weight excluding hydrogens is 146 g/mol. The summed E-state index contributed by atoms with van der Waals surface area (Å²) in [6, 6.07) is 3.57. The Hall–Kier alpha value is -0.700. The van der Waals surface area contributed by atoms with E-state index < -0.39 is 0 Å². The second-order valence-electron chi connectivity index (χ2n) is 2.33. The number of hydrogen-bond acceptors (Lipinski definition) is 2. The molecule has 10 heavy (non-hydrogen) atoms. The average molecular weight is 155 g/mol. The summed E-state index contributed by atoms with van der Waals surface area (Å²) in [5, 5.41) is 11.4. The Morgan fingerprint density at radius 2 is 2.00 bits per heavy atom. The molecule has 2 nitrogen and oxygen atoms in total. The van der Waals surface area contributed by atoms with Gasteiger partial charge in [-0.2, -0.15) is 4.73 Å². The first-order valence-corrected chi connectivity index (χ1v) is 3.46. The lowest BCUT2D eigenvalue weighted by Gasteiger charge is -2.02. The Bertz CT molecular complexity index is 237. The largest absolute Gasteiger partial charge is 0.618 e. The standard InChI is InChI=1S/C7H9NOS/c1-5-3-6(2)8(9)7(10)4-5/h3-4,10H,1-2H3. The Kier molecular flexibility index (Phi) is 1.85. The number of rotatable bonds is 0. The van der Waals surface area contributed by atoms with Crippen LogP contribution in [0.15, 0.2) is 17.2 Å². The highest BCUT2D eigenvalue weighted by atomic mass is 32.1. The van der Waals surface area contributed by atoms with Crippen molar-refractivity contribution in [3.05, 3.63) is 28.6 Å². The van der Waals surface area contributed by atoms with Crippen LogP contribution in [0.1, 0.15) is 11.3 Å². The highest BCUT2D eigenvalue weighted by molar-refractivity contribution is 7.80. The zero-order valence-corrected chi connectivity index (χ0v) is 6.85. The van der Waals surface area contributed by atoms with E-state index in [-0.39, 0.29) is 0 Å². The van der Waals surface area contributed by atoms with E-state index >= 15 is 0 Å². The zero-order chi connectivity index (χ0) is 7.72. The number of hydrogen-bond donors (Lipinski definition) is 1. The fourth-order valence-corrected chi connectivity index (χ4v) is 1.23. The lowest BCUT2D eigenvalue weighted by atomic mass is 10.2. The molecule has 3 heteroatoms. The molecule has 0 saturated carbocycles. The molecule has 0 saturated heterocycles. The predicted octanol–water partition coefficient (Wildman–Crippen LogP) is 1.23. The second-order valence-corrected chi connectivity index (χ2v) is 2.78. The van der Waals surface area contributed by atoms with Crippen LogP contribution in [0, 0.1) is 19.1 Å². The maximum absolute atomic E-state index is 11.0. The van der Waals surface area contributed by atoms with Gasteiger partial charge in [0.05, 0.1) is 0 Å². The van der Waals surface area contributed by atoms with Crippen molar-refractivity contribution in [1.82, 2.24) is 0 Å². The summed E-state index contributed by atoms with van der Waals surface area (Å²) in [5.41, 5.74) is 1.75. The van der Waals surface area contributed by atoms with Gasteiger partial charge in [0.15, 0.2) is 5.69 Å². The minimum Gasteiger partial charge on any atom is -0.618 e. The molecule has 0 bridgehead atoms. The monoisotopic (exact) mass is 155 g/mol. The van der Waals surface area contributed by atoms with E-state index in [0.717, 1.165) is 10.3 Å². The topological polar surface area (TPSA) is 26.9 Å². The summed E-state index contributed by atoms with van der Waals surface area (Å²) in [6.07, 6.45) is 0. The number of pyridine rings is 1. The summed E-state index contributed by atoms with van der Waals surface area (Å²) in [5.74, 6) is 0. The lowest BCUT2D eigenvalue weighted by Crippen LogP contribution is -2.31. The molecule has 1 rings (SSSR count). The Morgan fingerprint density at radius 3 is 2.50 bits per heavy atom. The molecule has 0 amide bonds. The van der Waals surface area contributed by atoms with Crippen molar-refractivity contribution in [2.24, 2.45) is 0 Å². The second kappa shape index (κ2) is 2.50. The van der Waals surface area contributed by atoms with E-state index in [0.29, 0.717) is 10.7 Å². The minimum absolute atomic E-state index is 0.456. The summed E-state index contributed by atoms with van der Waals surface area (Å²) in [7, 11) is 0. The smallest absolute Gasteiger partial charge is 0.248 e. The van der Waals surface area contributed by atoms with Crippen LogP contribution in [0.5, 0.6) is 0 Å². The predicted molar refractivity (Wildman–Crippen MR) is 42.1 cm³/mol. The molecule has 0 fully saturated rings. The van der Waals surface area contributed by atoms with Crippen LogP contribution in [0.25, 0.3) is 0 Å². The van der Waals surface area contributed by atoms with Crippen molar-refractivity contribution in [3.63, 3.8) is 0 Å². The van der Waals surface area contributed by atoms with Gasteiger partial charge < -0.3 is 5.21 Å². The number of aryl methyl sites for hydroxylation is 2. The molecule has 0 aliphatic carbocycles. The number of thiol groups is 1. The first kappa shape index (κ1) is 7.41. The van der Waals surface area contributed by atoms with Crippen molar-refractivity contribution >= 4 is 12.6 Å². The third kappa shape index (κ3) is 1.24. The minimum atomic E-state index is 0.456. The molecule has 0 radical (unpaired) electrons. The molecule has 0 aliphatic heterocycles. The fraction of sp³-hybridized carbons (Fsp3) is 0.286. The molecule has 1 aromatic rings. The molecule has 0 spiro atoms. The van der Waals surface area contributed by atoms with Crippen molar-refractivity contribution in [2.75, 3.05) is 0 Å². The lowest BCUT2D eigenvalue weighted by molar-refractivity contribution is -0.651. The molecule has 1 aromatic heterocycles. The van der Waals surface area contributed by atoms with Gasteiger partial charge >= 0.3 is 0 Å². The van der Waals surface area contributed by atoms with Crippen LogP contribution in [0.3, 0.4) is 0 Å². The summed E-state index contributed by atoms with van der Waals surface area (Å²) in [6.45, 7) is 3.70. The third-order valence-electron chi connectivity index (χ3n) is 1.32. The van der Waals surface area contributed by atoms with Crippen molar-refractivity contribution in [2.45, 2.75) is 18.9 Å². The third-order valence-corrected chi connectivity index (χ3v) is 1.63. The molecule has 0 N–H and O–H groups in total. The van der Waals surface area contributed by atoms with Crippen LogP contribution in [0.4, 0.5) is 0 Å². The van der Waals surface area contributed by atoms with Gasteiger partial charge in [0, 0.05) is 19.1 Å². The van der Waals surface area contributed by atoms with E-state index in [1.54, 1.807) is 13.0 Å². The molecule has 54 valence electrons. The van der Waals surface area contributed by atoms with Crippen LogP contribution >= 0.6 is 12.6 Å². The summed E-state index contributed by atoms with van der Waals surface area (Å²) >= 11 is 3.99. The van der Waals surface area contributed by atoms with Crippen molar-refractivity contribution in [1.29, 1.82) is 0 Å². The van der Waals surface area contributed by atoms with Gasteiger partial charge in [0.2, 0.25) is 5.03 Å². The molecule has 0 unspecified atom stereocenters. The molecule has 0 atom stereocenters. The molecule has 0 aliphatic rings. The first-order chi connectivity index (χ1) is 4.61.